The Morgan fingerprint density at radius 3 is 2.65 bits per heavy atom. The maximum atomic E-state index is 12.7. The molecule has 0 aliphatic carbocycles. The van der Waals surface area contributed by atoms with Crippen molar-refractivity contribution in [3.63, 3.8) is 0 Å². The van der Waals surface area contributed by atoms with E-state index in [1.54, 1.807) is 6.08 Å². The molecule has 1 fully saturated rings. The molecule has 1 atom stereocenters. The number of nitrogens with zero attached hydrogens (tertiary/aromatic N) is 6. The van der Waals surface area contributed by atoms with Gasteiger partial charge in [-0.2, -0.15) is 5.10 Å². The van der Waals surface area contributed by atoms with E-state index in [1.165, 1.54) is 6.33 Å². The number of nitrogens with two attached hydrogens (primary N) is 1. The van der Waals surface area contributed by atoms with Gasteiger partial charge in [0.15, 0.2) is 5.65 Å². The highest BCUT2D eigenvalue weighted by molar-refractivity contribution is 5.98. The number of benzene rings is 2. The van der Waals surface area contributed by atoms with Gasteiger partial charge < -0.3 is 20.3 Å². The third-order valence-corrected chi connectivity index (χ3v) is 6.66. The minimum absolute atomic E-state index is 0.00176. The molecule has 0 unspecified atom stereocenters. The van der Waals surface area contributed by atoms with Crippen molar-refractivity contribution < 1.29 is 9.53 Å². The van der Waals surface area contributed by atoms with Crippen LogP contribution in [0.5, 0.6) is 11.5 Å². The summed E-state index contributed by atoms with van der Waals surface area (Å²) in [4.78, 5) is 25.5. The van der Waals surface area contributed by atoms with Gasteiger partial charge in [-0.1, -0.05) is 31.2 Å². The number of hydrogen-bond acceptors (Lipinski definition) is 7. The van der Waals surface area contributed by atoms with E-state index in [1.807, 2.05) is 77.3 Å². The molecule has 37 heavy (non-hydrogen) atoms. The van der Waals surface area contributed by atoms with Crippen LogP contribution in [0.1, 0.15) is 19.4 Å². The first kappa shape index (κ1) is 24.5. The van der Waals surface area contributed by atoms with E-state index in [0.717, 1.165) is 36.6 Å². The second-order valence-electron chi connectivity index (χ2n) is 9.17. The van der Waals surface area contributed by atoms with E-state index in [9.17, 15) is 4.79 Å². The molecule has 2 aromatic heterocycles. The summed E-state index contributed by atoms with van der Waals surface area (Å²) in [6.45, 7) is 5.01. The Bertz CT molecular complexity index is 1400. The number of carbonyl (C=O) groups is 1. The molecule has 1 aliphatic rings. The highest BCUT2D eigenvalue weighted by Crippen LogP contribution is 2.35. The number of amides is 1. The van der Waals surface area contributed by atoms with Crippen molar-refractivity contribution in [2.24, 2.45) is 0 Å². The van der Waals surface area contributed by atoms with Crippen molar-refractivity contribution in [3.8, 4) is 22.8 Å². The quantitative estimate of drug-likeness (QED) is 0.365. The van der Waals surface area contributed by atoms with Crippen LogP contribution < -0.4 is 10.5 Å². The van der Waals surface area contributed by atoms with Crippen molar-refractivity contribution in [2.45, 2.75) is 19.4 Å². The van der Waals surface area contributed by atoms with Gasteiger partial charge in [-0.25, -0.2) is 14.6 Å². The second kappa shape index (κ2) is 10.8. The highest BCUT2D eigenvalue weighted by atomic mass is 16.5. The number of hydrogen-bond donors (Lipinski definition) is 1. The molecule has 5 rings (SSSR count). The largest absolute Gasteiger partial charge is 0.457 e. The Morgan fingerprint density at radius 1 is 1.14 bits per heavy atom. The van der Waals surface area contributed by atoms with Crippen LogP contribution in [0.4, 0.5) is 5.82 Å². The molecule has 1 saturated heterocycles. The number of likely N-dealkylation sites (tertiary alicyclic amines) is 1. The average molecular weight is 498 g/mol. The first-order valence-electron chi connectivity index (χ1n) is 12.5. The van der Waals surface area contributed by atoms with Gasteiger partial charge in [0.1, 0.15) is 29.3 Å². The van der Waals surface area contributed by atoms with Crippen LogP contribution in [-0.2, 0) is 4.79 Å². The van der Waals surface area contributed by atoms with Gasteiger partial charge in [0, 0.05) is 31.3 Å². The number of aromatic nitrogens is 4. The van der Waals surface area contributed by atoms with Gasteiger partial charge in [0.2, 0.25) is 5.91 Å². The van der Waals surface area contributed by atoms with Crippen LogP contribution in [0.15, 0.2) is 73.1 Å². The number of fused-ring (bicyclic) bond motifs is 1. The third-order valence-electron chi connectivity index (χ3n) is 6.66. The standard InChI is InChI=1S/C28H31N7O2/c1-3-33(2)16-7-10-24(36)34-17-15-21(18-34)35-28-25(27(29)30-19-31-28)26(32-35)20-11-13-23(14-12-20)37-22-8-5-4-6-9-22/h4-14,19,21H,3,15-18H2,1-2H3,(H2,29,30,31)/b10-7+/t21-/m1/s1. The Labute approximate surface area is 216 Å². The van der Waals surface area contributed by atoms with E-state index in [-0.39, 0.29) is 11.9 Å². The van der Waals surface area contributed by atoms with Crippen molar-refractivity contribution in [1.82, 2.24) is 29.5 Å². The topological polar surface area (TPSA) is 102 Å². The zero-order valence-corrected chi connectivity index (χ0v) is 21.1. The van der Waals surface area contributed by atoms with Crippen molar-refractivity contribution >= 4 is 22.8 Å². The normalized spacial score (nSPS) is 15.8. The van der Waals surface area contributed by atoms with Gasteiger partial charge in [-0.05, 0) is 56.4 Å². The summed E-state index contributed by atoms with van der Waals surface area (Å²) in [5.74, 6) is 1.90. The average Bonchev–Trinajstić information content (AvgIpc) is 3.56. The molecule has 4 aromatic rings. The molecule has 9 heteroatoms. The molecule has 2 aromatic carbocycles. The van der Waals surface area contributed by atoms with E-state index >= 15 is 0 Å². The summed E-state index contributed by atoms with van der Waals surface area (Å²) in [6, 6.07) is 17.4. The maximum absolute atomic E-state index is 12.7. The molecule has 1 amide bonds. The molecule has 3 heterocycles. The Morgan fingerprint density at radius 2 is 1.89 bits per heavy atom. The minimum Gasteiger partial charge on any atom is -0.457 e. The molecule has 2 N–H and O–H groups in total. The predicted octanol–water partition coefficient (Wildman–Crippen LogP) is 4.15. The number of carbonyl (C=O) groups excluding carboxylic acids is 1. The molecule has 0 radical (unpaired) electrons. The smallest absolute Gasteiger partial charge is 0.246 e. The first-order chi connectivity index (χ1) is 18.0. The Kier molecular flexibility index (Phi) is 7.14. The van der Waals surface area contributed by atoms with Gasteiger partial charge in [0.25, 0.3) is 0 Å². The number of anilines is 1. The first-order valence-corrected chi connectivity index (χ1v) is 12.5. The number of rotatable bonds is 8. The van der Waals surface area contributed by atoms with Gasteiger partial charge >= 0.3 is 0 Å². The molecule has 0 saturated carbocycles. The van der Waals surface area contributed by atoms with E-state index in [0.29, 0.717) is 35.6 Å². The van der Waals surface area contributed by atoms with Gasteiger partial charge in [-0.15, -0.1) is 0 Å². The molecule has 190 valence electrons. The zero-order chi connectivity index (χ0) is 25.8. The van der Waals surface area contributed by atoms with Crippen molar-refractivity contribution in [3.05, 3.63) is 73.1 Å². The second-order valence-corrected chi connectivity index (χ2v) is 9.17. The maximum Gasteiger partial charge on any atom is 0.246 e. The number of para-hydroxylation sites is 1. The monoisotopic (exact) mass is 497 g/mol. The fourth-order valence-electron chi connectivity index (χ4n) is 4.47. The van der Waals surface area contributed by atoms with E-state index in [4.69, 9.17) is 15.6 Å². The summed E-state index contributed by atoms with van der Waals surface area (Å²) in [7, 11) is 2.03. The minimum atomic E-state index is 0.00176. The van der Waals surface area contributed by atoms with Gasteiger partial charge in [-0.3, -0.25) is 4.79 Å². The Balaban J connectivity index is 1.38. The number of ether oxygens (including phenoxy) is 1. The lowest BCUT2D eigenvalue weighted by molar-refractivity contribution is -0.125. The zero-order valence-electron chi connectivity index (χ0n) is 21.1. The number of likely N-dealkylation sites (N-methyl/N-ethyl adjacent to an activating group) is 1. The molecule has 0 bridgehead atoms. The van der Waals surface area contributed by atoms with Crippen LogP contribution in [-0.4, -0.2) is 68.7 Å². The van der Waals surface area contributed by atoms with Crippen molar-refractivity contribution in [1.29, 1.82) is 0 Å². The Hall–Kier alpha value is -4.24. The molecular formula is C28H31N7O2. The lowest BCUT2D eigenvalue weighted by Gasteiger charge is -2.15. The summed E-state index contributed by atoms with van der Waals surface area (Å²) in [5, 5.41) is 5.65. The summed E-state index contributed by atoms with van der Waals surface area (Å²) < 4.78 is 7.83. The molecular weight excluding hydrogens is 466 g/mol. The fraction of sp³-hybridized carbons (Fsp3) is 0.286. The molecule has 9 nitrogen and oxygen atoms in total. The lowest BCUT2D eigenvalue weighted by Crippen LogP contribution is -2.28. The molecule has 1 aliphatic heterocycles. The van der Waals surface area contributed by atoms with Crippen LogP contribution in [0.3, 0.4) is 0 Å². The fourth-order valence-corrected chi connectivity index (χ4v) is 4.47. The van der Waals surface area contributed by atoms with E-state index < -0.39 is 0 Å². The van der Waals surface area contributed by atoms with Crippen LogP contribution in [0, 0.1) is 0 Å². The summed E-state index contributed by atoms with van der Waals surface area (Å²) in [6.07, 6.45) is 5.83. The highest BCUT2D eigenvalue weighted by Gasteiger charge is 2.30. The van der Waals surface area contributed by atoms with Crippen molar-refractivity contribution in [2.75, 3.05) is 39.0 Å². The third kappa shape index (κ3) is 5.31. The molecule has 0 spiro atoms. The van der Waals surface area contributed by atoms with Crippen LogP contribution in [0.2, 0.25) is 0 Å². The predicted molar refractivity (Wildman–Crippen MR) is 144 cm³/mol. The SMILES string of the molecule is CCN(C)C/C=C/C(=O)N1CC[C@@H](n2nc(-c3ccc(Oc4ccccc4)cc3)c3c(N)ncnc32)C1. The summed E-state index contributed by atoms with van der Waals surface area (Å²) in [5.41, 5.74) is 8.57. The number of nitrogen functional groups attached to an aromatic ring is 1. The van der Waals surface area contributed by atoms with Crippen LogP contribution in [0.25, 0.3) is 22.3 Å². The van der Waals surface area contributed by atoms with Gasteiger partial charge in [0.05, 0.1) is 11.4 Å². The summed E-state index contributed by atoms with van der Waals surface area (Å²) >= 11 is 0. The van der Waals surface area contributed by atoms with Crippen LogP contribution >= 0.6 is 0 Å². The lowest BCUT2D eigenvalue weighted by atomic mass is 10.1. The van der Waals surface area contributed by atoms with E-state index in [2.05, 4.69) is 21.8 Å².